The average molecular weight is 420 g/mol. The molecule has 2 atom stereocenters. The van der Waals surface area contributed by atoms with E-state index in [1.165, 1.54) is 5.56 Å². The third kappa shape index (κ3) is 4.03. The standard InChI is InChI=1S/C20H19Cl2N3OS/c1-13-14-5-3-8-19(27(2)24-12-23)15(14)9-10-25(13)20(26)11-16-17(21)6-4-7-18(16)22/h3-8,13H,9-11H2,1-2H3/t13-,27?/m0/s1. The van der Waals surface area contributed by atoms with Crippen LogP contribution < -0.4 is 0 Å². The van der Waals surface area contributed by atoms with Crippen LogP contribution in [0, 0.1) is 11.5 Å². The number of nitrogens with zero attached hydrogens (tertiary/aromatic N) is 3. The fourth-order valence-electron chi connectivity index (χ4n) is 3.52. The molecule has 0 saturated heterocycles. The summed E-state index contributed by atoms with van der Waals surface area (Å²) in [4.78, 5) is 15.9. The Kier molecular flexibility index (Phi) is 6.21. The van der Waals surface area contributed by atoms with Crippen molar-refractivity contribution in [3.8, 4) is 6.19 Å². The van der Waals surface area contributed by atoms with Crippen LogP contribution in [-0.4, -0.2) is 23.6 Å². The van der Waals surface area contributed by atoms with Gasteiger partial charge in [0.1, 0.15) is 0 Å². The van der Waals surface area contributed by atoms with Gasteiger partial charge in [0.2, 0.25) is 12.1 Å². The van der Waals surface area contributed by atoms with Crippen molar-refractivity contribution in [1.82, 2.24) is 4.90 Å². The number of nitriles is 1. The van der Waals surface area contributed by atoms with Crippen LogP contribution in [0.4, 0.5) is 0 Å². The summed E-state index contributed by atoms with van der Waals surface area (Å²) in [5.41, 5.74) is 2.99. The molecule has 0 bridgehead atoms. The molecule has 0 saturated carbocycles. The molecular weight excluding hydrogens is 401 g/mol. The monoisotopic (exact) mass is 419 g/mol. The molecule has 3 rings (SSSR count). The number of carbonyl (C=O) groups excluding carboxylic acids is 1. The Hall–Kier alpha value is -1.87. The van der Waals surface area contributed by atoms with E-state index in [1.807, 2.05) is 36.4 Å². The normalized spacial score (nSPS) is 17.3. The number of halogens is 2. The molecule has 140 valence electrons. The Morgan fingerprint density at radius 3 is 2.63 bits per heavy atom. The predicted molar refractivity (Wildman–Crippen MR) is 110 cm³/mol. The summed E-state index contributed by atoms with van der Waals surface area (Å²) in [7, 11) is -0.472. The Morgan fingerprint density at radius 2 is 1.96 bits per heavy atom. The maximum absolute atomic E-state index is 13.0. The van der Waals surface area contributed by atoms with Crippen molar-refractivity contribution in [3.05, 3.63) is 63.1 Å². The summed E-state index contributed by atoms with van der Waals surface area (Å²) < 4.78 is 3.98. The number of benzene rings is 2. The quantitative estimate of drug-likeness (QED) is 0.660. The number of hydrogen-bond donors (Lipinski definition) is 0. The zero-order valence-electron chi connectivity index (χ0n) is 15.1. The van der Waals surface area contributed by atoms with Gasteiger partial charge in [-0.2, -0.15) is 5.26 Å². The van der Waals surface area contributed by atoms with Crippen LogP contribution in [0.3, 0.4) is 0 Å². The van der Waals surface area contributed by atoms with Crippen LogP contribution in [0.2, 0.25) is 10.0 Å². The summed E-state index contributed by atoms with van der Waals surface area (Å²) in [6.45, 7) is 2.65. The van der Waals surface area contributed by atoms with Crippen molar-refractivity contribution >= 4 is 39.8 Å². The number of hydrogen-bond acceptors (Lipinski definition) is 3. The zero-order valence-corrected chi connectivity index (χ0v) is 17.4. The van der Waals surface area contributed by atoms with E-state index in [0.29, 0.717) is 22.2 Å². The van der Waals surface area contributed by atoms with Gasteiger partial charge >= 0.3 is 0 Å². The first-order valence-corrected chi connectivity index (χ1v) is 10.9. The van der Waals surface area contributed by atoms with Gasteiger partial charge < -0.3 is 4.90 Å². The highest BCUT2D eigenvalue weighted by Crippen LogP contribution is 2.34. The van der Waals surface area contributed by atoms with Crippen LogP contribution >= 0.6 is 23.2 Å². The molecule has 4 nitrogen and oxygen atoms in total. The third-order valence-corrected chi connectivity index (χ3v) is 6.98. The number of fused-ring (bicyclic) bond motifs is 1. The minimum absolute atomic E-state index is 0.00534. The highest BCUT2D eigenvalue weighted by Gasteiger charge is 2.29. The van der Waals surface area contributed by atoms with Crippen molar-refractivity contribution < 1.29 is 4.79 Å². The second kappa shape index (κ2) is 8.43. The maximum atomic E-state index is 13.0. The van der Waals surface area contributed by atoms with Gasteiger partial charge in [-0.1, -0.05) is 52.1 Å². The molecule has 2 aromatic rings. The fourth-order valence-corrected chi connectivity index (χ4v) is 5.12. The Bertz CT molecular complexity index is 948. The largest absolute Gasteiger partial charge is 0.335 e. The second-order valence-electron chi connectivity index (χ2n) is 6.38. The molecule has 1 heterocycles. The van der Waals surface area contributed by atoms with Gasteiger partial charge in [-0.15, -0.1) is 4.36 Å². The molecule has 0 aromatic heterocycles. The van der Waals surface area contributed by atoms with Gasteiger partial charge in [0.15, 0.2) is 0 Å². The van der Waals surface area contributed by atoms with Crippen molar-refractivity contribution in [2.75, 3.05) is 12.8 Å². The molecule has 0 radical (unpaired) electrons. The SMILES string of the molecule is C[C@H]1c2cccc(S(C)=NC#N)c2CCN1C(=O)Cc1c(Cl)cccc1Cl. The molecular formula is C20H19Cl2N3OS. The predicted octanol–water partition coefficient (Wildman–Crippen LogP) is 4.95. The summed E-state index contributed by atoms with van der Waals surface area (Å²) >= 11 is 12.4. The minimum atomic E-state index is -0.472. The van der Waals surface area contributed by atoms with Crippen molar-refractivity contribution in [1.29, 1.82) is 5.26 Å². The molecule has 0 N–H and O–H groups in total. The zero-order chi connectivity index (χ0) is 19.6. The second-order valence-corrected chi connectivity index (χ2v) is 8.78. The first-order chi connectivity index (χ1) is 12.9. The van der Waals surface area contributed by atoms with Crippen LogP contribution in [0.1, 0.15) is 29.7 Å². The van der Waals surface area contributed by atoms with Gasteiger partial charge in [-0.3, -0.25) is 4.79 Å². The van der Waals surface area contributed by atoms with E-state index >= 15 is 0 Å². The summed E-state index contributed by atoms with van der Waals surface area (Å²) in [5, 5.41) is 9.89. The third-order valence-electron chi connectivity index (χ3n) is 4.90. The van der Waals surface area contributed by atoms with E-state index in [1.54, 1.807) is 18.2 Å². The molecule has 27 heavy (non-hydrogen) atoms. The average Bonchev–Trinajstić information content (AvgIpc) is 2.65. The Labute approximate surface area is 171 Å². The fraction of sp³-hybridized carbons (Fsp3) is 0.300. The molecule has 0 fully saturated rings. The molecule has 1 aliphatic heterocycles. The Balaban J connectivity index is 1.88. The lowest BCUT2D eigenvalue weighted by Gasteiger charge is -2.36. The van der Waals surface area contributed by atoms with Crippen LogP contribution in [-0.2, 0) is 28.3 Å². The Morgan fingerprint density at radius 1 is 1.30 bits per heavy atom. The highest BCUT2D eigenvalue weighted by molar-refractivity contribution is 7.86. The molecule has 0 aliphatic carbocycles. The van der Waals surface area contributed by atoms with E-state index in [9.17, 15) is 4.79 Å². The lowest BCUT2D eigenvalue weighted by Crippen LogP contribution is -2.40. The van der Waals surface area contributed by atoms with Gasteiger partial charge in [0.05, 0.1) is 12.5 Å². The smallest absolute Gasteiger partial charge is 0.227 e. The molecule has 0 spiro atoms. The molecule has 1 amide bonds. The van der Waals surface area contributed by atoms with Crippen LogP contribution in [0.15, 0.2) is 45.7 Å². The number of amides is 1. The van der Waals surface area contributed by atoms with Gasteiger partial charge in [-0.05, 0) is 54.5 Å². The van der Waals surface area contributed by atoms with E-state index < -0.39 is 10.7 Å². The maximum Gasteiger partial charge on any atom is 0.227 e. The summed E-state index contributed by atoms with van der Waals surface area (Å²) in [5.74, 6) is 0.00534. The van der Waals surface area contributed by atoms with Crippen LogP contribution in [0.5, 0.6) is 0 Å². The molecule has 7 heteroatoms. The van der Waals surface area contributed by atoms with E-state index in [-0.39, 0.29) is 18.4 Å². The minimum Gasteiger partial charge on any atom is -0.335 e. The summed E-state index contributed by atoms with van der Waals surface area (Å²) in [6, 6.07) is 11.3. The van der Waals surface area contributed by atoms with Crippen molar-refractivity contribution in [2.45, 2.75) is 30.7 Å². The molecule has 2 aromatic carbocycles. The van der Waals surface area contributed by atoms with Gasteiger partial charge in [0.25, 0.3) is 0 Å². The topological polar surface area (TPSA) is 56.5 Å². The van der Waals surface area contributed by atoms with E-state index in [0.717, 1.165) is 16.9 Å². The molecule has 1 aliphatic rings. The summed E-state index contributed by atoms with van der Waals surface area (Å²) in [6.07, 6.45) is 4.77. The van der Waals surface area contributed by atoms with Crippen molar-refractivity contribution in [2.24, 2.45) is 4.36 Å². The molecule has 1 unspecified atom stereocenters. The van der Waals surface area contributed by atoms with E-state index in [2.05, 4.69) is 10.4 Å². The van der Waals surface area contributed by atoms with Crippen LogP contribution in [0.25, 0.3) is 0 Å². The van der Waals surface area contributed by atoms with E-state index in [4.69, 9.17) is 28.5 Å². The first kappa shape index (κ1) is 19.9. The first-order valence-electron chi connectivity index (χ1n) is 8.54. The lowest BCUT2D eigenvalue weighted by atomic mass is 9.93. The van der Waals surface area contributed by atoms with Crippen molar-refractivity contribution in [3.63, 3.8) is 0 Å². The lowest BCUT2D eigenvalue weighted by molar-refractivity contribution is -0.133. The number of rotatable bonds is 3. The van der Waals surface area contributed by atoms with Gasteiger partial charge in [-0.25, -0.2) is 0 Å². The highest BCUT2D eigenvalue weighted by atomic mass is 35.5. The number of carbonyl (C=O) groups is 1. The van der Waals surface area contributed by atoms with Gasteiger partial charge in [0, 0.05) is 21.5 Å².